The van der Waals surface area contributed by atoms with Crippen molar-refractivity contribution >= 4 is 40.5 Å². The van der Waals surface area contributed by atoms with E-state index in [1.54, 1.807) is 11.0 Å². The van der Waals surface area contributed by atoms with Crippen molar-refractivity contribution in [2.75, 3.05) is 22.9 Å². The van der Waals surface area contributed by atoms with Gasteiger partial charge in [-0.15, -0.1) is 11.3 Å². The molecule has 2 N–H and O–H groups in total. The number of fused-ring (bicyclic) bond motifs is 1. The fraction of sp³-hybridized carbons (Fsp3) is 0.120. The van der Waals surface area contributed by atoms with Crippen molar-refractivity contribution in [2.45, 2.75) is 11.4 Å². The Kier molecular flexibility index (Phi) is 5.82. The topological polar surface area (TPSA) is 95.9 Å². The zero-order valence-electron chi connectivity index (χ0n) is 17.6. The molecule has 0 radical (unpaired) electrons. The average Bonchev–Trinajstić information content (AvgIpc) is 3.51. The van der Waals surface area contributed by atoms with Crippen LogP contribution in [-0.4, -0.2) is 28.2 Å². The molecule has 1 aliphatic rings. The van der Waals surface area contributed by atoms with Crippen LogP contribution in [0.2, 0.25) is 0 Å². The maximum absolute atomic E-state index is 12.8. The van der Waals surface area contributed by atoms with Crippen molar-refractivity contribution in [1.82, 2.24) is 9.97 Å². The molecule has 6 nitrogen and oxygen atoms in total. The van der Waals surface area contributed by atoms with Crippen LogP contribution in [0.25, 0.3) is 21.8 Å². The molecule has 2 aromatic heterocycles. The van der Waals surface area contributed by atoms with Crippen molar-refractivity contribution in [3.05, 3.63) is 77.2 Å². The second-order valence-corrected chi connectivity index (χ2v) is 9.32. The van der Waals surface area contributed by atoms with Crippen molar-refractivity contribution in [3.63, 3.8) is 0 Å². The number of anilines is 2. The van der Waals surface area contributed by atoms with Crippen molar-refractivity contribution in [3.8, 4) is 27.9 Å². The summed E-state index contributed by atoms with van der Waals surface area (Å²) in [6, 6.07) is 21.7. The molecule has 3 heterocycles. The number of nitriles is 1. The first-order valence-corrected chi connectivity index (χ1v) is 12.2. The summed E-state index contributed by atoms with van der Waals surface area (Å²) < 4.78 is 0. The number of carbonyl (C=O) groups is 1. The van der Waals surface area contributed by atoms with Gasteiger partial charge in [0, 0.05) is 23.2 Å². The van der Waals surface area contributed by atoms with Gasteiger partial charge in [0.1, 0.15) is 21.9 Å². The van der Waals surface area contributed by atoms with Gasteiger partial charge in [0.15, 0.2) is 0 Å². The van der Waals surface area contributed by atoms with E-state index < -0.39 is 0 Å². The average molecular weight is 470 g/mol. The second-order valence-electron chi connectivity index (χ2n) is 7.50. The Morgan fingerprint density at radius 3 is 2.76 bits per heavy atom. The molecule has 0 atom stereocenters. The quantitative estimate of drug-likeness (QED) is 0.413. The first-order chi connectivity index (χ1) is 16.1. The minimum Gasteiger partial charge on any atom is -0.383 e. The number of aromatic nitrogens is 2. The minimum absolute atomic E-state index is 0.00860. The Morgan fingerprint density at radius 1 is 1.15 bits per heavy atom. The minimum atomic E-state index is -0.00860. The lowest BCUT2D eigenvalue weighted by Gasteiger charge is -2.17. The number of benzene rings is 2. The summed E-state index contributed by atoms with van der Waals surface area (Å²) in [5.41, 5.74) is 11.3. The third-order valence-electron chi connectivity index (χ3n) is 5.46. The summed E-state index contributed by atoms with van der Waals surface area (Å²) in [6.45, 7) is 0.673. The Balaban J connectivity index is 1.35. The Bertz CT molecular complexity index is 1380. The van der Waals surface area contributed by atoms with Gasteiger partial charge in [0.2, 0.25) is 5.91 Å². The predicted octanol–water partition coefficient (Wildman–Crippen LogP) is 5.01. The smallest absolute Gasteiger partial charge is 0.237 e. The highest BCUT2D eigenvalue weighted by Gasteiger charge is 2.25. The molecule has 8 heteroatoms. The van der Waals surface area contributed by atoms with E-state index in [2.05, 4.69) is 16.0 Å². The van der Waals surface area contributed by atoms with Gasteiger partial charge in [-0.3, -0.25) is 4.79 Å². The molecule has 1 aliphatic heterocycles. The molecule has 0 fully saturated rings. The lowest BCUT2D eigenvalue weighted by molar-refractivity contribution is -0.116. The predicted molar refractivity (Wildman–Crippen MR) is 133 cm³/mol. The van der Waals surface area contributed by atoms with Crippen LogP contribution in [0.1, 0.15) is 11.1 Å². The van der Waals surface area contributed by atoms with Gasteiger partial charge < -0.3 is 10.6 Å². The van der Waals surface area contributed by atoms with Gasteiger partial charge in [-0.05, 0) is 24.1 Å². The van der Waals surface area contributed by atoms with E-state index >= 15 is 0 Å². The molecule has 0 spiro atoms. The molecular formula is C25H19N5OS2. The summed E-state index contributed by atoms with van der Waals surface area (Å²) in [4.78, 5) is 23.8. The molecular weight excluding hydrogens is 450 g/mol. The summed E-state index contributed by atoms with van der Waals surface area (Å²) in [5.74, 6) is 0.472. The summed E-state index contributed by atoms with van der Waals surface area (Å²) in [5, 5.41) is 12.8. The Labute approximate surface area is 199 Å². The zero-order valence-corrected chi connectivity index (χ0v) is 19.2. The van der Waals surface area contributed by atoms with E-state index in [9.17, 15) is 10.1 Å². The maximum atomic E-state index is 12.8. The monoisotopic (exact) mass is 469 g/mol. The van der Waals surface area contributed by atoms with Crippen molar-refractivity contribution < 1.29 is 4.79 Å². The summed E-state index contributed by atoms with van der Waals surface area (Å²) in [6.07, 6.45) is 0.856. The third kappa shape index (κ3) is 4.21. The molecule has 1 amide bonds. The second kappa shape index (κ2) is 9.06. The van der Waals surface area contributed by atoms with Crippen LogP contribution in [-0.2, 0) is 11.2 Å². The van der Waals surface area contributed by atoms with Gasteiger partial charge in [-0.1, -0.05) is 60.3 Å². The molecule has 0 saturated heterocycles. The molecule has 162 valence electrons. The standard InChI is InChI=1S/C25H19N5OS2/c26-13-18-12-19(25-28-20(14-32-25)16-6-2-1-3-7-16)23(27)29-24(18)33-15-22(31)30-11-10-17-8-4-5-9-21(17)30/h1-9,12,14H,10-11,15H2,(H2,27,29). The van der Waals surface area contributed by atoms with E-state index in [1.165, 1.54) is 28.7 Å². The SMILES string of the molecule is N#Cc1cc(-c2nc(-c3ccccc3)cs2)c(N)nc1SCC(=O)N1CCc2ccccc21. The summed E-state index contributed by atoms with van der Waals surface area (Å²) in [7, 11) is 0. The first-order valence-electron chi connectivity index (χ1n) is 10.4. The van der Waals surface area contributed by atoms with Crippen LogP contribution in [0.3, 0.4) is 0 Å². The number of hydrogen-bond acceptors (Lipinski definition) is 7. The number of amides is 1. The van der Waals surface area contributed by atoms with E-state index in [1.807, 2.05) is 60.0 Å². The number of nitrogens with two attached hydrogens (primary N) is 1. The lowest BCUT2D eigenvalue weighted by atomic mass is 10.2. The highest BCUT2D eigenvalue weighted by Crippen LogP contribution is 2.35. The molecule has 0 aliphatic carbocycles. The summed E-state index contributed by atoms with van der Waals surface area (Å²) >= 11 is 2.70. The highest BCUT2D eigenvalue weighted by molar-refractivity contribution is 8.00. The van der Waals surface area contributed by atoms with Gasteiger partial charge >= 0.3 is 0 Å². The largest absolute Gasteiger partial charge is 0.383 e. The maximum Gasteiger partial charge on any atom is 0.237 e. The van der Waals surface area contributed by atoms with Crippen LogP contribution in [0.15, 0.2) is 71.1 Å². The molecule has 5 rings (SSSR count). The van der Waals surface area contributed by atoms with E-state index in [0.717, 1.165) is 23.4 Å². The molecule has 2 aromatic carbocycles. The van der Waals surface area contributed by atoms with Gasteiger partial charge in [0.25, 0.3) is 0 Å². The van der Waals surface area contributed by atoms with E-state index in [0.29, 0.717) is 33.5 Å². The lowest BCUT2D eigenvalue weighted by Crippen LogP contribution is -2.30. The van der Waals surface area contributed by atoms with Crippen LogP contribution >= 0.6 is 23.1 Å². The van der Waals surface area contributed by atoms with Crippen LogP contribution in [0, 0.1) is 11.3 Å². The number of nitrogen functional groups attached to an aromatic ring is 1. The third-order valence-corrected chi connectivity index (χ3v) is 7.31. The number of thiazole rings is 1. The Morgan fingerprint density at radius 2 is 1.94 bits per heavy atom. The zero-order chi connectivity index (χ0) is 22.8. The van der Waals surface area contributed by atoms with Crippen LogP contribution in [0.4, 0.5) is 11.5 Å². The number of hydrogen-bond donors (Lipinski definition) is 1. The number of nitrogens with zero attached hydrogens (tertiary/aromatic N) is 4. The fourth-order valence-corrected chi connectivity index (χ4v) is 5.51. The molecule has 33 heavy (non-hydrogen) atoms. The van der Waals surface area contributed by atoms with E-state index in [4.69, 9.17) is 5.73 Å². The van der Waals surface area contributed by atoms with Crippen LogP contribution < -0.4 is 10.6 Å². The van der Waals surface area contributed by atoms with Gasteiger partial charge in [-0.2, -0.15) is 5.26 Å². The van der Waals surface area contributed by atoms with E-state index in [-0.39, 0.29) is 11.7 Å². The molecule has 0 saturated carbocycles. The molecule has 0 unspecified atom stereocenters. The van der Waals surface area contributed by atoms with Crippen molar-refractivity contribution in [1.29, 1.82) is 5.26 Å². The Hall–Kier alpha value is -3.67. The fourth-order valence-electron chi connectivity index (χ4n) is 3.82. The number of para-hydroxylation sites is 1. The number of thioether (sulfide) groups is 1. The van der Waals surface area contributed by atoms with Crippen LogP contribution in [0.5, 0.6) is 0 Å². The number of pyridine rings is 1. The number of carbonyl (C=O) groups excluding carboxylic acids is 1. The number of rotatable bonds is 5. The molecule has 0 bridgehead atoms. The first kappa shape index (κ1) is 21.2. The van der Waals surface area contributed by atoms with Crippen molar-refractivity contribution in [2.24, 2.45) is 0 Å². The normalized spacial score (nSPS) is 12.4. The highest BCUT2D eigenvalue weighted by atomic mass is 32.2. The molecule has 4 aromatic rings. The van der Waals surface area contributed by atoms with Gasteiger partial charge in [-0.25, -0.2) is 9.97 Å². The van der Waals surface area contributed by atoms with Gasteiger partial charge in [0.05, 0.1) is 22.6 Å².